The van der Waals surface area contributed by atoms with E-state index in [-0.39, 0.29) is 11.8 Å². The van der Waals surface area contributed by atoms with Crippen LogP contribution in [0.5, 0.6) is 0 Å². The van der Waals surface area contributed by atoms with Gasteiger partial charge in [0.1, 0.15) is 0 Å². The second-order valence-corrected chi connectivity index (χ2v) is 6.06. The van der Waals surface area contributed by atoms with Gasteiger partial charge in [-0.1, -0.05) is 51.0 Å². The van der Waals surface area contributed by atoms with Crippen LogP contribution in [0.1, 0.15) is 71.6 Å². The summed E-state index contributed by atoms with van der Waals surface area (Å²) in [5.41, 5.74) is 0. The fourth-order valence-corrected chi connectivity index (χ4v) is 2.57. The standard InChI is InChI=1S/C20H29NO/c1-3-4-5-6-7-8-9-10-11-12-13-14-15-16-19-17-18(2)20(22)21-19/h11-12,18-19H,3-6,13-17H2,1-2H3,(H,21,22). The van der Waals surface area contributed by atoms with Crippen LogP contribution in [0.15, 0.2) is 12.2 Å². The topological polar surface area (TPSA) is 29.1 Å². The lowest BCUT2D eigenvalue weighted by molar-refractivity contribution is -0.122. The Bertz CT molecular complexity index is 469. The molecule has 1 saturated heterocycles. The van der Waals surface area contributed by atoms with Gasteiger partial charge in [-0.15, -0.1) is 0 Å². The van der Waals surface area contributed by atoms with Crippen molar-refractivity contribution in [3.63, 3.8) is 0 Å². The van der Waals surface area contributed by atoms with Crippen molar-refractivity contribution < 1.29 is 4.79 Å². The Labute approximate surface area is 136 Å². The molecule has 22 heavy (non-hydrogen) atoms. The number of allylic oxidation sites excluding steroid dienone is 2. The van der Waals surface area contributed by atoms with Gasteiger partial charge in [0.05, 0.1) is 0 Å². The van der Waals surface area contributed by atoms with Crippen LogP contribution < -0.4 is 5.32 Å². The Kier molecular flexibility index (Phi) is 9.97. The maximum Gasteiger partial charge on any atom is 0.223 e. The molecule has 0 aliphatic carbocycles. The molecule has 1 amide bonds. The molecule has 0 spiro atoms. The number of hydrogen-bond acceptors (Lipinski definition) is 1. The number of amides is 1. The van der Waals surface area contributed by atoms with Crippen LogP contribution in [0.25, 0.3) is 0 Å². The average molecular weight is 299 g/mol. The molecular weight excluding hydrogens is 270 g/mol. The number of carbonyl (C=O) groups is 1. The quantitative estimate of drug-likeness (QED) is 0.528. The second kappa shape index (κ2) is 11.9. The zero-order chi connectivity index (χ0) is 16.0. The van der Waals surface area contributed by atoms with Crippen LogP contribution in [0.4, 0.5) is 0 Å². The molecule has 2 nitrogen and oxygen atoms in total. The van der Waals surface area contributed by atoms with E-state index >= 15 is 0 Å². The zero-order valence-electron chi connectivity index (χ0n) is 14.1. The first kappa shape index (κ1) is 18.4. The first-order chi connectivity index (χ1) is 10.7. The van der Waals surface area contributed by atoms with Gasteiger partial charge in [-0.2, -0.15) is 0 Å². The van der Waals surface area contributed by atoms with Crippen LogP contribution in [0, 0.1) is 29.6 Å². The van der Waals surface area contributed by atoms with E-state index in [1.807, 2.05) is 13.0 Å². The highest BCUT2D eigenvalue weighted by molar-refractivity contribution is 5.80. The van der Waals surface area contributed by atoms with Gasteiger partial charge in [-0.3, -0.25) is 4.79 Å². The Balaban J connectivity index is 1.99. The molecule has 1 fully saturated rings. The van der Waals surface area contributed by atoms with Gasteiger partial charge in [-0.05, 0) is 50.0 Å². The molecule has 1 heterocycles. The molecule has 2 heteroatoms. The normalized spacial score (nSPS) is 20.2. The minimum absolute atomic E-state index is 0.197. The van der Waals surface area contributed by atoms with Crippen molar-refractivity contribution in [2.75, 3.05) is 0 Å². The third-order valence-corrected chi connectivity index (χ3v) is 3.93. The van der Waals surface area contributed by atoms with E-state index in [0.29, 0.717) is 6.04 Å². The lowest BCUT2D eigenvalue weighted by Crippen LogP contribution is -2.25. The van der Waals surface area contributed by atoms with E-state index in [0.717, 1.165) is 38.5 Å². The van der Waals surface area contributed by atoms with Gasteiger partial charge in [0, 0.05) is 18.4 Å². The van der Waals surface area contributed by atoms with Crippen molar-refractivity contribution >= 4 is 5.91 Å². The molecule has 0 saturated carbocycles. The summed E-state index contributed by atoms with van der Waals surface area (Å²) in [6, 6.07) is 0.397. The fourth-order valence-electron chi connectivity index (χ4n) is 2.57. The molecule has 2 unspecified atom stereocenters. The smallest absolute Gasteiger partial charge is 0.223 e. The Hall–Kier alpha value is -1.67. The highest BCUT2D eigenvalue weighted by Crippen LogP contribution is 2.18. The number of unbranched alkanes of at least 4 members (excludes halogenated alkanes) is 5. The Morgan fingerprint density at radius 3 is 2.82 bits per heavy atom. The summed E-state index contributed by atoms with van der Waals surface area (Å²) >= 11 is 0. The maximum atomic E-state index is 11.4. The predicted molar refractivity (Wildman–Crippen MR) is 93.0 cm³/mol. The Morgan fingerprint density at radius 1 is 1.23 bits per heavy atom. The predicted octanol–water partition coefficient (Wildman–Crippen LogP) is 4.21. The molecular formula is C20H29NO. The third kappa shape index (κ3) is 8.58. The van der Waals surface area contributed by atoms with E-state index in [2.05, 4.69) is 42.0 Å². The Morgan fingerprint density at radius 2 is 2.09 bits per heavy atom. The van der Waals surface area contributed by atoms with E-state index in [9.17, 15) is 4.79 Å². The number of nitrogens with one attached hydrogen (secondary N) is 1. The van der Waals surface area contributed by atoms with Gasteiger partial charge < -0.3 is 5.32 Å². The summed E-state index contributed by atoms with van der Waals surface area (Å²) in [6.45, 7) is 4.20. The summed E-state index contributed by atoms with van der Waals surface area (Å²) < 4.78 is 0. The molecule has 1 aliphatic rings. The summed E-state index contributed by atoms with van der Waals surface area (Å²) in [7, 11) is 0. The fraction of sp³-hybridized carbons (Fsp3) is 0.650. The molecule has 1 rings (SSSR count). The molecule has 1 N–H and O–H groups in total. The second-order valence-electron chi connectivity index (χ2n) is 6.06. The van der Waals surface area contributed by atoms with Crippen LogP contribution in [0.2, 0.25) is 0 Å². The first-order valence-corrected chi connectivity index (χ1v) is 8.67. The van der Waals surface area contributed by atoms with Gasteiger partial charge in [-0.25, -0.2) is 0 Å². The van der Waals surface area contributed by atoms with Crippen molar-refractivity contribution in [1.29, 1.82) is 0 Å². The van der Waals surface area contributed by atoms with E-state index in [1.54, 1.807) is 0 Å². The molecule has 0 aromatic heterocycles. The molecule has 120 valence electrons. The van der Waals surface area contributed by atoms with Crippen molar-refractivity contribution in [1.82, 2.24) is 5.32 Å². The van der Waals surface area contributed by atoms with Crippen LogP contribution in [-0.4, -0.2) is 11.9 Å². The summed E-state index contributed by atoms with van der Waals surface area (Å²) in [6.07, 6.45) is 14.1. The average Bonchev–Trinajstić information content (AvgIpc) is 2.82. The van der Waals surface area contributed by atoms with E-state index in [4.69, 9.17) is 0 Å². The molecule has 0 bridgehead atoms. The van der Waals surface area contributed by atoms with E-state index in [1.165, 1.54) is 19.3 Å². The molecule has 0 aromatic carbocycles. The number of rotatable bonds is 8. The van der Waals surface area contributed by atoms with Crippen molar-refractivity contribution in [3.05, 3.63) is 12.2 Å². The van der Waals surface area contributed by atoms with Crippen LogP contribution >= 0.6 is 0 Å². The zero-order valence-corrected chi connectivity index (χ0v) is 14.1. The van der Waals surface area contributed by atoms with Crippen molar-refractivity contribution in [2.45, 2.75) is 77.7 Å². The van der Waals surface area contributed by atoms with Gasteiger partial charge in [0.25, 0.3) is 0 Å². The maximum absolute atomic E-state index is 11.4. The highest BCUT2D eigenvalue weighted by atomic mass is 16.2. The van der Waals surface area contributed by atoms with Crippen LogP contribution in [0.3, 0.4) is 0 Å². The molecule has 1 aliphatic heterocycles. The molecule has 2 atom stereocenters. The van der Waals surface area contributed by atoms with E-state index < -0.39 is 0 Å². The lowest BCUT2D eigenvalue weighted by atomic mass is 10.0. The number of carbonyl (C=O) groups excluding carboxylic acids is 1. The number of hydrogen-bond donors (Lipinski definition) is 1. The summed E-state index contributed by atoms with van der Waals surface area (Å²) in [5, 5.41) is 3.05. The van der Waals surface area contributed by atoms with Crippen LogP contribution in [-0.2, 0) is 4.79 Å². The third-order valence-electron chi connectivity index (χ3n) is 3.93. The van der Waals surface area contributed by atoms with Gasteiger partial charge in [0.15, 0.2) is 0 Å². The summed E-state index contributed by atoms with van der Waals surface area (Å²) in [4.78, 5) is 11.4. The minimum atomic E-state index is 0.197. The lowest BCUT2D eigenvalue weighted by Gasteiger charge is -2.08. The van der Waals surface area contributed by atoms with Crippen molar-refractivity contribution in [3.8, 4) is 23.7 Å². The SMILES string of the molecule is CCCCCC#CC#CC=CCCCCC1CC(C)C(=O)N1. The summed E-state index contributed by atoms with van der Waals surface area (Å²) in [5.74, 6) is 12.2. The first-order valence-electron chi connectivity index (χ1n) is 8.67. The monoisotopic (exact) mass is 299 g/mol. The highest BCUT2D eigenvalue weighted by Gasteiger charge is 2.27. The largest absolute Gasteiger partial charge is 0.353 e. The molecule has 0 radical (unpaired) electrons. The minimum Gasteiger partial charge on any atom is -0.353 e. The van der Waals surface area contributed by atoms with Crippen molar-refractivity contribution in [2.24, 2.45) is 5.92 Å². The molecule has 0 aromatic rings. The van der Waals surface area contributed by atoms with Gasteiger partial charge in [0.2, 0.25) is 5.91 Å². The van der Waals surface area contributed by atoms with Gasteiger partial charge >= 0.3 is 0 Å².